The fourth-order valence-corrected chi connectivity index (χ4v) is 3.67. The molecule has 2 aromatic rings. The first kappa shape index (κ1) is 18.5. The first-order valence-electron chi connectivity index (χ1n) is 8.73. The summed E-state index contributed by atoms with van der Waals surface area (Å²) >= 11 is 6.21. The van der Waals surface area contributed by atoms with Crippen LogP contribution in [0.3, 0.4) is 0 Å². The molecule has 0 saturated heterocycles. The molecule has 0 unspecified atom stereocenters. The number of ether oxygens (including phenoxy) is 2. The Bertz CT molecular complexity index is 790. The summed E-state index contributed by atoms with van der Waals surface area (Å²) in [6.45, 7) is 3.57. The first-order chi connectivity index (χ1) is 12.6. The zero-order valence-corrected chi connectivity index (χ0v) is 16.0. The van der Waals surface area contributed by atoms with Crippen molar-refractivity contribution in [3.8, 4) is 11.5 Å². The highest BCUT2D eigenvalue weighted by atomic mass is 35.5. The number of halogens is 1. The number of carbonyl (C=O) groups excluding carboxylic acids is 1. The largest absolute Gasteiger partial charge is 0.495 e. The van der Waals surface area contributed by atoms with E-state index in [0.717, 1.165) is 19.4 Å². The Balaban J connectivity index is 1.85. The van der Waals surface area contributed by atoms with E-state index in [1.807, 2.05) is 11.0 Å². The van der Waals surface area contributed by atoms with Gasteiger partial charge in [-0.25, -0.2) is 4.79 Å². The van der Waals surface area contributed by atoms with Gasteiger partial charge >= 0.3 is 6.03 Å². The SMILES string of the molecule is CCC[C@H]1c2cccn2CCN1C(=O)Nc1cc(Cl)c(OC)cc1OC. The molecule has 1 atom stereocenters. The Labute approximate surface area is 158 Å². The van der Waals surface area contributed by atoms with E-state index in [9.17, 15) is 4.79 Å². The summed E-state index contributed by atoms with van der Waals surface area (Å²) in [6.07, 6.45) is 3.98. The number of methoxy groups -OCH3 is 2. The molecule has 3 rings (SSSR count). The van der Waals surface area contributed by atoms with E-state index in [4.69, 9.17) is 21.1 Å². The predicted octanol–water partition coefficient (Wildman–Crippen LogP) is 4.55. The highest BCUT2D eigenvalue weighted by molar-refractivity contribution is 6.32. The van der Waals surface area contributed by atoms with Crippen molar-refractivity contribution in [2.24, 2.45) is 0 Å². The van der Waals surface area contributed by atoms with E-state index in [-0.39, 0.29) is 12.1 Å². The number of aromatic nitrogens is 1. The molecule has 0 radical (unpaired) electrons. The van der Waals surface area contributed by atoms with Gasteiger partial charge in [0.05, 0.1) is 31.0 Å². The van der Waals surface area contributed by atoms with E-state index in [1.165, 1.54) is 12.8 Å². The van der Waals surface area contributed by atoms with Crippen molar-refractivity contribution in [2.45, 2.75) is 32.4 Å². The molecule has 140 valence electrons. The van der Waals surface area contributed by atoms with Crippen LogP contribution >= 0.6 is 11.6 Å². The Morgan fingerprint density at radius 2 is 2.04 bits per heavy atom. The standard InChI is InChI=1S/C19H24ClN3O3/c1-4-6-16-15-7-5-8-22(15)9-10-23(16)19(24)21-14-11-13(20)17(25-2)12-18(14)26-3/h5,7-8,11-12,16H,4,6,9-10H2,1-3H3,(H,21,24)/t16-/m0/s1. The third-order valence-electron chi connectivity index (χ3n) is 4.70. The lowest BCUT2D eigenvalue weighted by Crippen LogP contribution is -2.44. The number of carbonyl (C=O) groups is 1. The zero-order chi connectivity index (χ0) is 18.7. The molecule has 0 aliphatic carbocycles. The number of nitrogens with one attached hydrogen (secondary N) is 1. The van der Waals surface area contributed by atoms with Crippen molar-refractivity contribution in [3.05, 3.63) is 41.2 Å². The third kappa shape index (κ3) is 3.46. The Morgan fingerprint density at radius 1 is 1.27 bits per heavy atom. The maximum absolute atomic E-state index is 13.0. The minimum absolute atomic E-state index is 0.0588. The first-order valence-corrected chi connectivity index (χ1v) is 9.11. The molecule has 1 aromatic carbocycles. The van der Waals surface area contributed by atoms with Gasteiger partial charge in [-0.15, -0.1) is 0 Å². The molecule has 1 aliphatic rings. The fourth-order valence-electron chi connectivity index (χ4n) is 3.43. The number of amides is 2. The molecule has 0 bridgehead atoms. The van der Waals surface area contributed by atoms with Crippen LogP contribution < -0.4 is 14.8 Å². The summed E-state index contributed by atoms with van der Waals surface area (Å²) < 4.78 is 12.8. The smallest absolute Gasteiger partial charge is 0.322 e. The summed E-state index contributed by atoms with van der Waals surface area (Å²) in [4.78, 5) is 14.9. The van der Waals surface area contributed by atoms with Crippen molar-refractivity contribution in [1.82, 2.24) is 9.47 Å². The summed E-state index contributed by atoms with van der Waals surface area (Å²) in [5.74, 6) is 1.01. The molecule has 0 fully saturated rings. The van der Waals surface area contributed by atoms with Crippen molar-refractivity contribution in [3.63, 3.8) is 0 Å². The minimum Gasteiger partial charge on any atom is -0.495 e. The van der Waals surface area contributed by atoms with E-state index in [2.05, 4.69) is 29.1 Å². The Hall–Kier alpha value is -2.34. The van der Waals surface area contributed by atoms with Crippen LogP contribution in [0.15, 0.2) is 30.5 Å². The summed E-state index contributed by atoms with van der Waals surface area (Å²) in [5, 5.41) is 3.37. The summed E-state index contributed by atoms with van der Waals surface area (Å²) in [7, 11) is 3.09. The van der Waals surface area contributed by atoms with Gasteiger partial charge in [0, 0.05) is 31.0 Å². The number of nitrogens with zero attached hydrogens (tertiary/aromatic N) is 2. The highest BCUT2D eigenvalue weighted by Gasteiger charge is 2.30. The molecular formula is C19H24ClN3O3. The second-order valence-electron chi connectivity index (χ2n) is 6.24. The zero-order valence-electron chi connectivity index (χ0n) is 15.3. The quantitative estimate of drug-likeness (QED) is 0.831. The predicted molar refractivity (Wildman–Crippen MR) is 102 cm³/mol. The van der Waals surface area contributed by atoms with Crippen LogP contribution in [-0.2, 0) is 6.54 Å². The van der Waals surface area contributed by atoms with Crippen LogP contribution in [0.5, 0.6) is 11.5 Å². The Morgan fingerprint density at radius 3 is 2.73 bits per heavy atom. The van der Waals surface area contributed by atoms with Crippen LogP contribution in [0.2, 0.25) is 5.02 Å². The van der Waals surface area contributed by atoms with E-state index in [1.54, 1.807) is 19.2 Å². The third-order valence-corrected chi connectivity index (χ3v) is 5.00. The summed E-state index contributed by atoms with van der Waals surface area (Å²) in [5.41, 5.74) is 1.70. The molecule has 1 aliphatic heterocycles. The van der Waals surface area contributed by atoms with Gasteiger partial charge in [-0.1, -0.05) is 24.9 Å². The van der Waals surface area contributed by atoms with Gasteiger partial charge < -0.3 is 24.3 Å². The van der Waals surface area contributed by atoms with Crippen LogP contribution in [0.25, 0.3) is 0 Å². The number of benzene rings is 1. The van der Waals surface area contributed by atoms with Crippen LogP contribution in [0.1, 0.15) is 31.5 Å². The van der Waals surface area contributed by atoms with Crippen molar-refractivity contribution < 1.29 is 14.3 Å². The van der Waals surface area contributed by atoms with Crippen LogP contribution in [0, 0.1) is 0 Å². The van der Waals surface area contributed by atoms with Gasteiger partial charge in [-0.05, 0) is 24.6 Å². The molecule has 2 heterocycles. The summed E-state index contributed by atoms with van der Waals surface area (Å²) in [6, 6.07) is 7.34. The molecule has 7 heteroatoms. The number of anilines is 1. The number of urea groups is 1. The second kappa shape index (κ2) is 7.91. The average molecular weight is 378 g/mol. The lowest BCUT2D eigenvalue weighted by molar-refractivity contribution is 0.163. The maximum Gasteiger partial charge on any atom is 0.322 e. The van der Waals surface area contributed by atoms with Gasteiger partial charge in [0.1, 0.15) is 11.5 Å². The molecule has 6 nitrogen and oxygen atoms in total. The molecule has 1 N–H and O–H groups in total. The lowest BCUT2D eigenvalue weighted by Gasteiger charge is -2.37. The molecular weight excluding hydrogens is 354 g/mol. The van der Waals surface area contributed by atoms with Crippen LogP contribution in [-0.4, -0.2) is 36.3 Å². The number of hydrogen-bond donors (Lipinski definition) is 1. The number of fused-ring (bicyclic) bond motifs is 1. The van der Waals surface area contributed by atoms with Crippen LogP contribution in [0.4, 0.5) is 10.5 Å². The van der Waals surface area contributed by atoms with E-state index < -0.39 is 0 Å². The van der Waals surface area contributed by atoms with Crippen molar-refractivity contribution >= 4 is 23.3 Å². The van der Waals surface area contributed by atoms with Gasteiger partial charge in [0.25, 0.3) is 0 Å². The number of rotatable bonds is 5. The maximum atomic E-state index is 13.0. The molecule has 26 heavy (non-hydrogen) atoms. The molecule has 1 aromatic heterocycles. The van der Waals surface area contributed by atoms with Gasteiger partial charge in [0.2, 0.25) is 0 Å². The van der Waals surface area contributed by atoms with Gasteiger partial charge in [-0.2, -0.15) is 0 Å². The van der Waals surface area contributed by atoms with E-state index >= 15 is 0 Å². The highest BCUT2D eigenvalue weighted by Crippen LogP contribution is 2.37. The van der Waals surface area contributed by atoms with E-state index in [0.29, 0.717) is 28.8 Å². The fraction of sp³-hybridized carbons (Fsp3) is 0.421. The Kier molecular flexibility index (Phi) is 5.61. The lowest BCUT2D eigenvalue weighted by atomic mass is 10.0. The molecule has 0 spiro atoms. The van der Waals surface area contributed by atoms with Gasteiger partial charge in [0.15, 0.2) is 0 Å². The van der Waals surface area contributed by atoms with Crippen molar-refractivity contribution in [2.75, 3.05) is 26.1 Å². The average Bonchev–Trinajstić information content (AvgIpc) is 3.11. The minimum atomic E-state index is -0.157. The normalized spacial score (nSPS) is 16.2. The monoisotopic (exact) mass is 377 g/mol. The molecule has 2 amide bonds. The van der Waals surface area contributed by atoms with Crippen molar-refractivity contribution in [1.29, 1.82) is 0 Å². The second-order valence-corrected chi connectivity index (χ2v) is 6.65. The topological polar surface area (TPSA) is 55.7 Å². The number of hydrogen-bond acceptors (Lipinski definition) is 3. The molecule has 0 saturated carbocycles. The van der Waals surface area contributed by atoms with Gasteiger partial charge in [-0.3, -0.25) is 0 Å².